The molecular formula is C23H24ClN3O5. The number of hydrogen-bond acceptors (Lipinski definition) is 6. The lowest BCUT2D eigenvalue weighted by atomic mass is 10.1. The fourth-order valence-electron chi connectivity index (χ4n) is 2.49. The Morgan fingerprint density at radius 2 is 1.94 bits per heavy atom. The van der Waals surface area contributed by atoms with Crippen LogP contribution in [0.15, 0.2) is 41.5 Å². The second kappa shape index (κ2) is 12.2. The first kappa shape index (κ1) is 24.6. The van der Waals surface area contributed by atoms with Gasteiger partial charge in [0.2, 0.25) is 5.91 Å². The molecule has 0 heterocycles. The fraction of sp³-hybridized carbons (Fsp3) is 0.261. The summed E-state index contributed by atoms with van der Waals surface area (Å²) in [5.41, 5.74) is 3.45. The standard InChI is InChI=1S/C23H24ClN3O5/c1-5-11-32-21-19(24)12-16(13-20(21)31-6-2)14-25-27-23(29)15(3)22(28)26-17-7-9-18(30-4)10-8-17/h1,7-10,12-15H,6,11H2,2-4H3,(H,26,28)(H,27,29). The second-order valence-electron chi connectivity index (χ2n) is 6.43. The summed E-state index contributed by atoms with van der Waals surface area (Å²) in [6.45, 7) is 3.73. The van der Waals surface area contributed by atoms with E-state index >= 15 is 0 Å². The highest BCUT2D eigenvalue weighted by atomic mass is 35.5. The summed E-state index contributed by atoms with van der Waals surface area (Å²) < 4.78 is 16.0. The molecule has 168 valence electrons. The number of benzene rings is 2. The average molecular weight is 458 g/mol. The van der Waals surface area contributed by atoms with Gasteiger partial charge in [-0.3, -0.25) is 9.59 Å². The van der Waals surface area contributed by atoms with Gasteiger partial charge in [0.05, 0.1) is 25.0 Å². The normalized spacial score (nSPS) is 11.3. The highest BCUT2D eigenvalue weighted by Crippen LogP contribution is 2.36. The van der Waals surface area contributed by atoms with Crippen LogP contribution in [0.4, 0.5) is 5.69 Å². The molecule has 0 spiro atoms. The van der Waals surface area contributed by atoms with Gasteiger partial charge in [-0.05, 0) is 55.8 Å². The van der Waals surface area contributed by atoms with Gasteiger partial charge in [-0.25, -0.2) is 5.43 Å². The average Bonchev–Trinajstić information content (AvgIpc) is 2.78. The molecule has 0 saturated carbocycles. The Hall–Kier alpha value is -3.70. The van der Waals surface area contributed by atoms with Crippen molar-refractivity contribution in [3.63, 3.8) is 0 Å². The van der Waals surface area contributed by atoms with Crippen LogP contribution in [0.1, 0.15) is 19.4 Å². The molecule has 2 N–H and O–H groups in total. The molecule has 1 unspecified atom stereocenters. The first-order chi connectivity index (χ1) is 15.4. The van der Waals surface area contributed by atoms with Crippen LogP contribution in [0, 0.1) is 18.3 Å². The van der Waals surface area contributed by atoms with E-state index in [4.69, 9.17) is 32.2 Å². The number of amides is 2. The minimum absolute atomic E-state index is 0.0414. The van der Waals surface area contributed by atoms with Crippen LogP contribution in [0.5, 0.6) is 17.2 Å². The largest absolute Gasteiger partial charge is 0.497 e. The van der Waals surface area contributed by atoms with E-state index in [0.29, 0.717) is 35.1 Å². The van der Waals surface area contributed by atoms with E-state index in [-0.39, 0.29) is 11.6 Å². The van der Waals surface area contributed by atoms with Crippen LogP contribution < -0.4 is 25.0 Å². The topological polar surface area (TPSA) is 98.2 Å². The van der Waals surface area contributed by atoms with E-state index in [1.807, 2.05) is 6.92 Å². The molecule has 32 heavy (non-hydrogen) atoms. The Balaban J connectivity index is 2.00. The minimum Gasteiger partial charge on any atom is -0.497 e. The van der Waals surface area contributed by atoms with Crippen molar-refractivity contribution in [2.45, 2.75) is 13.8 Å². The summed E-state index contributed by atoms with van der Waals surface area (Å²) in [5, 5.41) is 6.85. The third-order valence-corrected chi connectivity index (χ3v) is 4.44. The minimum atomic E-state index is -0.976. The van der Waals surface area contributed by atoms with Gasteiger partial charge in [-0.1, -0.05) is 17.5 Å². The van der Waals surface area contributed by atoms with E-state index in [1.54, 1.807) is 43.5 Å². The second-order valence-corrected chi connectivity index (χ2v) is 6.84. The lowest BCUT2D eigenvalue weighted by Gasteiger charge is -2.13. The number of terminal acetylenes is 1. The Bertz CT molecular complexity index is 1020. The first-order valence-corrected chi connectivity index (χ1v) is 10.1. The van der Waals surface area contributed by atoms with Crippen LogP contribution in [0.25, 0.3) is 0 Å². The molecule has 0 aromatic heterocycles. The molecule has 9 heteroatoms. The van der Waals surface area contributed by atoms with E-state index < -0.39 is 17.7 Å². The maximum atomic E-state index is 12.3. The fourth-order valence-corrected chi connectivity index (χ4v) is 2.76. The van der Waals surface area contributed by atoms with Crippen molar-refractivity contribution in [3.8, 4) is 29.6 Å². The molecule has 1 atom stereocenters. The van der Waals surface area contributed by atoms with Crippen molar-refractivity contribution in [3.05, 3.63) is 47.0 Å². The van der Waals surface area contributed by atoms with Crippen LogP contribution in [0.2, 0.25) is 5.02 Å². The Labute approximate surface area is 191 Å². The predicted molar refractivity (Wildman–Crippen MR) is 123 cm³/mol. The molecule has 2 aromatic rings. The number of anilines is 1. The third kappa shape index (κ3) is 6.93. The zero-order valence-corrected chi connectivity index (χ0v) is 18.7. The van der Waals surface area contributed by atoms with Crippen LogP contribution in [-0.2, 0) is 9.59 Å². The number of methoxy groups -OCH3 is 1. The van der Waals surface area contributed by atoms with E-state index in [2.05, 4.69) is 21.8 Å². The molecule has 0 aliphatic carbocycles. The number of rotatable bonds is 10. The van der Waals surface area contributed by atoms with Gasteiger partial charge in [-0.15, -0.1) is 6.42 Å². The van der Waals surface area contributed by atoms with E-state index in [0.717, 1.165) is 0 Å². The Morgan fingerprint density at radius 3 is 2.56 bits per heavy atom. The number of carbonyl (C=O) groups is 2. The van der Waals surface area contributed by atoms with Crippen molar-refractivity contribution in [2.24, 2.45) is 11.0 Å². The summed E-state index contributed by atoms with van der Waals surface area (Å²) in [6, 6.07) is 10.00. The third-order valence-electron chi connectivity index (χ3n) is 4.16. The number of ether oxygens (including phenoxy) is 3. The number of hydrazone groups is 1. The molecule has 2 amide bonds. The number of halogens is 1. The van der Waals surface area contributed by atoms with Gasteiger partial charge in [0, 0.05) is 5.69 Å². The molecule has 2 aromatic carbocycles. The van der Waals surface area contributed by atoms with Crippen molar-refractivity contribution in [1.82, 2.24) is 5.43 Å². The zero-order chi connectivity index (χ0) is 23.5. The van der Waals surface area contributed by atoms with E-state index in [9.17, 15) is 9.59 Å². The number of hydrogen-bond donors (Lipinski definition) is 2. The molecule has 0 fully saturated rings. The van der Waals surface area contributed by atoms with Gasteiger partial charge in [-0.2, -0.15) is 5.10 Å². The van der Waals surface area contributed by atoms with Crippen molar-refractivity contribution in [1.29, 1.82) is 0 Å². The molecule has 8 nitrogen and oxygen atoms in total. The SMILES string of the molecule is C#CCOc1c(Cl)cc(C=NNC(=O)C(C)C(=O)Nc2ccc(OC)cc2)cc1OCC. The quantitative estimate of drug-likeness (QED) is 0.246. The van der Waals surface area contributed by atoms with Gasteiger partial charge >= 0.3 is 0 Å². The molecule has 0 aliphatic rings. The number of nitrogens with one attached hydrogen (secondary N) is 2. The Kier molecular flexibility index (Phi) is 9.39. The molecule has 0 saturated heterocycles. The van der Waals surface area contributed by atoms with E-state index in [1.165, 1.54) is 13.1 Å². The lowest BCUT2D eigenvalue weighted by molar-refractivity contribution is -0.131. The maximum Gasteiger partial charge on any atom is 0.252 e. The smallest absolute Gasteiger partial charge is 0.252 e. The van der Waals surface area contributed by atoms with Crippen LogP contribution in [-0.4, -0.2) is 38.4 Å². The first-order valence-electron chi connectivity index (χ1n) is 9.70. The van der Waals surface area contributed by atoms with Crippen LogP contribution >= 0.6 is 11.6 Å². The number of carbonyl (C=O) groups excluding carboxylic acids is 2. The molecule has 0 bridgehead atoms. The Morgan fingerprint density at radius 1 is 1.22 bits per heavy atom. The molecule has 0 aliphatic heterocycles. The molecule has 0 radical (unpaired) electrons. The highest BCUT2D eigenvalue weighted by molar-refractivity contribution is 6.32. The van der Waals surface area contributed by atoms with Crippen molar-refractivity contribution < 1.29 is 23.8 Å². The molecular weight excluding hydrogens is 434 g/mol. The predicted octanol–water partition coefficient (Wildman–Crippen LogP) is 3.48. The lowest BCUT2D eigenvalue weighted by Crippen LogP contribution is -2.34. The van der Waals surface area contributed by atoms with Gasteiger partial charge in [0.15, 0.2) is 11.5 Å². The summed E-state index contributed by atoms with van der Waals surface area (Å²) in [5.74, 6) is 1.73. The van der Waals surface area contributed by atoms with Gasteiger partial charge in [0.25, 0.3) is 5.91 Å². The zero-order valence-electron chi connectivity index (χ0n) is 18.0. The summed E-state index contributed by atoms with van der Waals surface area (Å²) in [6.07, 6.45) is 6.60. The summed E-state index contributed by atoms with van der Waals surface area (Å²) in [7, 11) is 1.55. The molecule has 2 rings (SSSR count). The number of nitrogens with zero attached hydrogens (tertiary/aromatic N) is 1. The maximum absolute atomic E-state index is 12.3. The summed E-state index contributed by atoms with van der Waals surface area (Å²) in [4.78, 5) is 24.6. The summed E-state index contributed by atoms with van der Waals surface area (Å²) >= 11 is 6.25. The highest BCUT2D eigenvalue weighted by Gasteiger charge is 2.21. The van der Waals surface area contributed by atoms with Gasteiger partial charge in [0.1, 0.15) is 18.3 Å². The van der Waals surface area contributed by atoms with Gasteiger partial charge < -0.3 is 19.5 Å². The van der Waals surface area contributed by atoms with Crippen LogP contribution in [0.3, 0.4) is 0 Å². The van der Waals surface area contributed by atoms with Crippen molar-refractivity contribution in [2.75, 3.05) is 25.6 Å². The van der Waals surface area contributed by atoms with Crippen molar-refractivity contribution >= 4 is 35.3 Å². The monoisotopic (exact) mass is 457 g/mol.